The molecule has 59 heavy (non-hydrogen) atoms. The fourth-order valence-electron chi connectivity index (χ4n) is 8.99. The first-order valence-corrected chi connectivity index (χ1v) is 19.9. The molecule has 4 nitrogen and oxygen atoms in total. The molecule has 0 aromatic heterocycles. The molecule has 9 aromatic carbocycles. The molecule has 1 aliphatic carbocycles. The fraction of sp³-hybridized carbons (Fsp3) is 0.0545. The van der Waals surface area contributed by atoms with E-state index in [1.807, 2.05) is 60.7 Å². The molecule has 1 aliphatic rings. The quantitative estimate of drug-likeness (QED) is 0.163. The zero-order valence-corrected chi connectivity index (χ0v) is 32.8. The van der Waals surface area contributed by atoms with Crippen molar-refractivity contribution in [3.05, 3.63) is 216 Å². The van der Waals surface area contributed by atoms with Gasteiger partial charge in [-0.15, -0.1) is 0 Å². The third kappa shape index (κ3) is 5.90. The van der Waals surface area contributed by atoms with Crippen molar-refractivity contribution in [1.82, 2.24) is 0 Å². The lowest BCUT2D eigenvalue weighted by atomic mass is 9.81. The van der Waals surface area contributed by atoms with E-state index in [4.69, 9.17) is 0 Å². The van der Waals surface area contributed by atoms with E-state index >= 15 is 0 Å². The van der Waals surface area contributed by atoms with E-state index in [1.165, 1.54) is 38.6 Å². The van der Waals surface area contributed by atoms with Gasteiger partial charge in [-0.2, -0.15) is 10.5 Å². The summed E-state index contributed by atoms with van der Waals surface area (Å²) in [5.74, 6) is 0. The van der Waals surface area contributed by atoms with E-state index < -0.39 is 0 Å². The molecule has 0 N–H and O–H groups in total. The van der Waals surface area contributed by atoms with Gasteiger partial charge < -0.3 is 9.80 Å². The van der Waals surface area contributed by atoms with Crippen LogP contribution >= 0.6 is 0 Å². The lowest BCUT2D eigenvalue weighted by molar-refractivity contribution is 0.661. The summed E-state index contributed by atoms with van der Waals surface area (Å²) in [6.45, 7) is 4.70. The van der Waals surface area contributed by atoms with Crippen LogP contribution in [0.15, 0.2) is 194 Å². The van der Waals surface area contributed by atoms with E-state index in [0.29, 0.717) is 11.1 Å². The number of hydrogen-bond donors (Lipinski definition) is 0. The summed E-state index contributed by atoms with van der Waals surface area (Å²) in [6, 6.07) is 72.4. The Bertz CT molecular complexity index is 3120. The Balaban J connectivity index is 1.22. The molecule has 0 aliphatic heterocycles. The van der Waals surface area contributed by atoms with E-state index in [-0.39, 0.29) is 5.41 Å². The summed E-state index contributed by atoms with van der Waals surface area (Å²) in [7, 11) is 0. The van der Waals surface area contributed by atoms with Crippen molar-refractivity contribution in [2.75, 3.05) is 9.80 Å². The molecule has 9 aromatic rings. The molecule has 0 bridgehead atoms. The summed E-state index contributed by atoms with van der Waals surface area (Å²) in [5, 5.41) is 24.1. The topological polar surface area (TPSA) is 54.1 Å². The van der Waals surface area contributed by atoms with Gasteiger partial charge in [-0.3, -0.25) is 0 Å². The molecular formula is C55H38N4. The van der Waals surface area contributed by atoms with E-state index in [1.54, 1.807) is 0 Å². The summed E-state index contributed by atoms with van der Waals surface area (Å²) >= 11 is 0. The second kappa shape index (κ2) is 14.2. The van der Waals surface area contributed by atoms with Crippen LogP contribution in [0.2, 0.25) is 0 Å². The predicted molar refractivity (Wildman–Crippen MR) is 243 cm³/mol. The second-order valence-corrected chi connectivity index (χ2v) is 15.6. The van der Waals surface area contributed by atoms with Crippen molar-refractivity contribution in [2.45, 2.75) is 19.3 Å². The molecule has 0 spiro atoms. The number of nitriles is 2. The minimum Gasteiger partial charge on any atom is -0.310 e. The van der Waals surface area contributed by atoms with Gasteiger partial charge in [-0.25, -0.2) is 0 Å². The lowest BCUT2D eigenvalue weighted by Gasteiger charge is -2.30. The van der Waals surface area contributed by atoms with Crippen LogP contribution in [0.1, 0.15) is 36.1 Å². The standard InChI is InChI=1S/C55H38N4/c1-55(2)49-33-51(58(41-15-7-4-8-16-41)42-27-21-37(35-56)22-28-42)45-17-9-11-19-47(45)53(49)54-48-20-12-10-18-46(48)52(34-50(54)55)59(43-29-23-38(36-57)24-30-43)44-31-25-40(26-32-44)39-13-5-3-6-14-39/h3-34H,1-2H3. The number of benzene rings is 9. The molecule has 4 heteroatoms. The Labute approximate surface area is 344 Å². The van der Waals surface area contributed by atoms with Crippen LogP contribution < -0.4 is 9.80 Å². The maximum atomic E-state index is 9.73. The normalized spacial score (nSPS) is 12.3. The van der Waals surface area contributed by atoms with Gasteiger partial charge in [0.05, 0.1) is 34.6 Å². The van der Waals surface area contributed by atoms with Gasteiger partial charge in [0.15, 0.2) is 0 Å². The highest BCUT2D eigenvalue weighted by molar-refractivity contribution is 6.17. The number of fused-ring (bicyclic) bond motifs is 7. The Morgan fingerprint density at radius 2 is 0.712 bits per heavy atom. The lowest BCUT2D eigenvalue weighted by Crippen LogP contribution is -2.18. The average molecular weight is 755 g/mol. The van der Waals surface area contributed by atoms with Crippen LogP contribution in [-0.4, -0.2) is 0 Å². The third-order valence-electron chi connectivity index (χ3n) is 11.9. The number of para-hydroxylation sites is 1. The molecule has 10 rings (SSSR count). The van der Waals surface area contributed by atoms with Crippen LogP contribution in [-0.2, 0) is 5.41 Å². The molecule has 0 radical (unpaired) electrons. The van der Waals surface area contributed by atoms with Gasteiger partial charge >= 0.3 is 0 Å². The van der Waals surface area contributed by atoms with Crippen LogP contribution in [0.25, 0.3) is 43.8 Å². The highest BCUT2D eigenvalue weighted by Crippen LogP contribution is 2.58. The van der Waals surface area contributed by atoms with Crippen LogP contribution in [0.4, 0.5) is 34.1 Å². The maximum Gasteiger partial charge on any atom is 0.0991 e. The van der Waals surface area contributed by atoms with Crippen molar-refractivity contribution in [2.24, 2.45) is 0 Å². The minimum absolute atomic E-state index is 0.386. The Hall–Kier alpha value is -7.92. The number of rotatable bonds is 7. The molecule has 0 unspecified atom stereocenters. The van der Waals surface area contributed by atoms with Crippen molar-refractivity contribution in [3.8, 4) is 34.4 Å². The molecule has 0 saturated carbocycles. The average Bonchev–Trinajstić information content (AvgIpc) is 3.53. The van der Waals surface area contributed by atoms with Crippen LogP contribution in [0.5, 0.6) is 0 Å². The smallest absolute Gasteiger partial charge is 0.0991 e. The summed E-state index contributed by atoms with van der Waals surface area (Å²) in [4.78, 5) is 4.65. The minimum atomic E-state index is -0.386. The highest BCUT2D eigenvalue weighted by Gasteiger charge is 2.40. The predicted octanol–water partition coefficient (Wildman–Crippen LogP) is 14.6. The Morgan fingerprint density at radius 3 is 1.14 bits per heavy atom. The summed E-state index contributed by atoms with van der Waals surface area (Å²) < 4.78 is 0. The zero-order chi connectivity index (χ0) is 40.1. The second-order valence-electron chi connectivity index (χ2n) is 15.6. The van der Waals surface area contributed by atoms with E-state index in [9.17, 15) is 10.5 Å². The number of nitrogens with zero attached hydrogens (tertiary/aromatic N) is 4. The molecule has 278 valence electrons. The van der Waals surface area contributed by atoms with Gasteiger partial charge in [0, 0.05) is 38.9 Å². The van der Waals surface area contributed by atoms with Gasteiger partial charge in [-0.05, 0) is 129 Å². The van der Waals surface area contributed by atoms with Gasteiger partial charge in [0.25, 0.3) is 0 Å². The highest BCUT2D eigenvalue weighted by atomic mass is 15.1. The van der Waals surface area contributed by atoms with Crippen molar-refractivity contribution in [3.63, 3.8) is 0 Å². The van der Waals surface area contributed by atoms with E-state index in [0.717, 1.165) is 50.5 Å². The fourth-order valence-corrected chi connectivity index (χ4v) is 8.99. The Kier molecular flexibility index (Phi) is 8.56. The molecule has 0 saturated heterocycles. The van der Waals surface area contributed by atoms with Gasteiger partial charge in [-0.1, -0.05) is 123 Å². The van der Waals surface area contributed by atoms with Crippen LogP contribution in [0, 0.1) is 22.7 Å². The first kappa shape index (κ1) is 35.5. The number of anilines is 6. The van der Waals surface area contributed by atoms with Crippen LogP contribution in [0.3, 0.4) is 0 Å². The van der Waals surface area contributed by atoms with Gasteiger partial charge in [0.2, 0.25) is 0 Å². The zero-order valence-electron chi connectivity index (χ0n) is 32.8. The largest absolute Gasteiger partial charge is 0.310 e. The number of hydrogen-bond acceptors (Lipinski definition) is 4. The monoisotopic (exact) mass is 754 g/mol. The third-order valence-corrected chi connectivity index (χ3v) is 11.9. The summed E-state index contributed by atoms with van der Waals surface area (Å²) in [5.41, 5.74) is 14.4. The first-order valence-electron chi connectivity index (χ1n) is 19.9. The van der Waals surface area contributed by atoms with Crippen molar-refractivity contribution >= 4 is 55.7 Å². The van der Waals surface area contributed by atoms with Crippen molar-refractivity contribution in [1.29, 1.82) is 10.5 Å². The molecule has 0 amide bonds. The van der Waals surface area contributed by atoms with E-state index in [2.05, 4.69) is 169 Å². The molecule has 0 heterocycles. The first-order chi connectivity index (χ1) is 28.9. The molecule has 0 atom stereocenters. The van der Waals surface area contributed by atoms with Crippen molar-refractivity contribution < 1.29 is 0 Å². The molecular weight excluding hydrogens is 717 g/mol. The van der Waals surface area contributed by atoms with Gasteiger partial charge in [0.1, 0.15) is 0 Å². The maximum absolute atomic E-state index is 9.73. The molecule has 0 fully saturated rings. The SMILES string of the molecule is CC1(C)c2cc(N(c3ccccc3)c3ccc(C#N)cc3)c3ccccc3c2-c2c1cc(N(c1ccc(C#N)cc1)c1ccc(-c3ccccc3)cc1)c1ccccc21. The summed E-state index contributed by atoms with van der Waals surface area (Å²) in [6.07, 6.45) is 0. The Morgan fingerprint density at radius 1 is 0.373 bits per heavy atom.